The molecule has 3 aromatic rings. The van der Waals surface area contributed by atoms with E-state index in [0.29, 0.717) is 36.6 Å². The molecule has 0 saturated heterocycles. The summed E-state index contributed by atoms with van der Waals surface area (Å²) in [7, 11) is 0. The summed E-state index contributed by atoms with van der Waals surface area (Å²) in [6.07, 6.45) is 2.77. The number of para-hydroxylation sites is 1. The number of benzene rings is 3. The van der Waals surface area contributed by atoms with E-state index in [0.717, 1.165) is 30.4 Å². The van der Waals surface area contributed by atoms with Crippen LogP contribution in [0.15, 0.2) is 66.7 Å². The van der Waals surface area contributed by atoms with Gasteiger partial charge in [-0.3, -0.25) is 14.4 Å². The summed E-state index contributed by atoms with van der Waals surface area (Å²) in [5, 5.41) is 15.5. The van der Waals surface area contributed by atoms with Crippen LogP contribution in [-0.2, 0) is 16.1 Å². The van der Waals surface area contributed by atoms with Gasteiger partial charge in [0.1, 0.15) is 11.5 Å². The molecule has 3 rings (SSSR count). The molecule has 38 heavy (non-hydrogen) atoms. The van der Waals surface area contributed by atoms with Gasteiger partial charge in [0.2, 0.25) is 0 Å². The van der Waals surface area contributed by atoms with E-state index in [4.69, 9.17) is 9.47 Å². The van der Waals surface area contributed by atoms with Crippen LogP contribution in [0.1, 0.15) is 64.4 Å². The molecular formula is C30H34N2O6. The average molecular weight is 519 g/mol. The van der Waals surface area contributed by atoms with Crippen molar-refractivity contribution in [1.29, 1.82) is 0 Å². The van der Waals surface area contributed by atoms with Crippen molar-refractivity contribution >= 4 is 23.5 Å². The Hall–Kier alpha value is -4.33. The molecule has 0 heterocycles. The lowest BCUT2D eigenvalue weighted by Crippen LogP contribution is -2.22. The summed E-state index contributed by atoms with van der Waals surface area (Å²) in [6.45, 7) is 4.87. The number of amides is 2. The number of unbranched alkanes of at least 4 members (excludes halogenated alkanes) is 2. The van der Waals surface area contributed by atoms with E-state index in [1.165, 1.54) is 6.07 Å². The van der Waals surface area contributed by atoms with Gasteiger partial charge in [-0.05, 0) is 80.6 Å². The Bertz CT molecular complexity index is 1240. The Kier molecular flexibility index (Phi) is 10.7. The van der Waals surface area contributed by atoms with Crippen molar-refractivity contribution < 1.29 is 29.0 Å². The number of rotatable bonds is 13. The summed E-state index contributed by atoms with van der Waals surface area (Å²) in [5.41, 5.74) is 3.07. The van der Waals surface area contributed by atoms with Gasteiger partial charge in [-0.25, -0.2) is 0 Å². The molecule has 8 heteroatoms. The third-order valence-electron chi connectivity index (χ3n) is 5.79. The van der Waals surface area contributed by atoms with Crippen molar-refractivity contribution in [1.82, 2.24) is 5.32 Å². The number of phenolic OH excluding ortho intramolecular Hbond substituents is 1. The third-order valence-corrected chi connectivity index (χ3v) is 5.79. The zero-order chi connectivity index (χ0) is 27.3. The second kappa shape index (κ2) is 14.4. The summed E-state index contributed by atoms with van der Waals surface area (Å²) in [5.74, 6) is -0.325. The minimum atomic E-state index is -0.379. The SMILES string of the molecule is CCOC(=O)CCCCCOc1cc(C)ccc1NC(=O)c1ccc(CNC(=O)c2ccccc2O)cc1. The normalized spacial score (nSPS) is 10.5. The van der Waals surface area contributed by atoms with Gasteiger partial charge in [0.25, 0.3) is 11.8 Å². The maximum absolute atomic E-state index is 12.9. The van der Waals surface area contributed by atoms with Crippen molar-refractivity contribution in [3.05, 3.63) is 89.0 Å². The molecule has 0 fully saturated rings. The van der Waals surface area contributed by atoms with Crippen molar-refractivity contribution in [2.24, 2.45) is 0 Å². The van der Waals surface area contributed by atoms with E-state index in [2.05, 4.69) is 10.6 Å². The molecular weight excluding hydrogens is 484 g/mol. The number of hydrogen-bond donors (Lipinski definition) is 3. The largest absolute Gasteiger partial charge is 0.507 e. The lowest BCUT2D eigenvalue weighted by Gasteiger charge is -2.14. The fraction of sp³-hybridized carbons (Fsp3) is 0.300. The van der Waals surface area contributed by atoms with Crippen LogP contribution in [0.2, 0.25) is 0 Å². The quantitative estimate of drug-likeness (QED) is 0.207. The number of carbonyl (C=O) groups is 3. The summed E-state index contributed by atoms with van der Waals surface area (Å²) < 4.78 is 10.9. The Morgan fingerprint density at radius 3 is 2.39 bits per heavy atom. The molecule has 0 bridgehead atoms. The number of anilines is 1. The van der Waals surface area contributed by atoms with Crippen LogP contribution in [0.5, 0.6) is 11.5 Å². The zero-order valence-corrected chi connectivity index (χ0v) is 21.8. The molecule has 200 valence electrons. The van der Waals surface area contributed by atoms with Crippen LogP contribution >= 0.6 is 0 Å². The highest BCUT2D eigenvalue weighted by Gasteiger charge is 2.12. The zero-order valence-electron chi connectivity index (χ0n) is 21.8. The molecule has 0 radical (unpaired) electrons. The second-order valence-corrected chi connectivity index (χ2v) is 8.81. The number of aromatic hydroxyl groups is 1. The molecule has 0 unspecified atom stereocenters. The fourth-order valence-corrected chi connectivity index (χ4v) is 3.73. The number of ether oxygens (including phenoxy) is 2. The van der Waals surface area contributed by atoms with Gasteiger partial charge in [-0.2, -0.15) is 0 Å². The van der Waals surface area contributed by atoms with Gasteiger partial charge in [-0.15, -0.1) is 0 Å². The summed E-state index contributed by atoms with van der Waals surface area (Å²) in [4.78, 5) is 36.6. The molecule has 3 N–H and O–H groups in total. The van der Waals surface area contributed by atoms with Gasteiger partial charge >= 0.3 is 5.97 Å². The van der Waals surface area contributed by atoms with Gasteiger partial charge < -0.3 is 25.2 Å². The van der Waals surface area contributed by atoms with Crippen LogP contribution in [0.25, 0.3) is 0 Å². The van der Waals surface area contributed by atoms with Gasteiger partial charge in [-0.1, -0.05) is 30.3 Å². The molecule has 8 nitrogen and oxygen atoms in total. The Balaban J connectivity index is 1.50. The lowest BCUT2D eigenvalue weighted by atomic mass is 10.1. The Morgan fingerprint density at radius 2 is 1.66 bits per heavy atom. The van der Waals surface area contributed by atoms with E-state index < -0.39 is 0 Å². The van der Waals surface area contributed by atoms with Crippen LogP contribution in [0, 0.1) is 6.92 Å². The molecule has 0 saturated carbocycles. The molecule has 0 spiro atoms. The number of aryl methyl sites for hydroxylation is 1. The van der Waals surface area contributed by atoms with Gasteiger partial charge in [0.15, 0.2) is 0 Å². The fourth-order valence-electron chi connectivity index (χ4n) is 3.73. The number of nitrogens with one attached hydrogen (secondary N) is 2. The third kappa shape index (κ3) is 8.65. The van der Waals surface area contributed by atoms with E-state index >= 15 is 0 Å². The number of carbonyl (C=O) groups excluding carboxylic acids is 3. The second-order valence-electron chi connectivity index (χ2n) is 8.81. The lowest BCUT2D eigenvalue weighted by molar-refractivity contribution is -0.143. The van der Waals surface area contributed by atoms with Crippen molar-refractivity contribution in [3.8, 4) is 11.5 Å². The number of hydrogen-bond acceptors (Lipinski definition) is 6. The highest BCUT2D eigenvalue weighted by atomic mass is 16.5. The van der Waals surface area contributed by atoms with Crippen LogP contribution in [-0.4, -0.2) is 36.1 Å². The van der Waals surface area contributed by atoms with E-state index in [1.807, 2.05) is 25.1 Å². The van der Waals surface area contributed by atoms with Crippen molar-refractivity contribution in [3.63, 3.8) is 0 Å². The maximum Gasteiger partial charge on any atom is 0.305 e. The summed E-state index contributed by atoms with van der Waals surface area (Å²) >= 11 is 0. The van der Waals surface area contributed by atoms with Gasteiger partial charge in [0, 0.05) is 18.5 Å². The highest BCUT2D eigenvalue weighted by Crippen LogP contribution is 2.27. The monoisotopic (exact) mass is 518 g/mol. The smallest absolute Gasteiger partial charge is 0.305 e. The predicted octanol–water partition coefficient (Wildman–Crippen LogP) is 5.39. The first-order valence-electron chi connectivity index (χ1n) is 12.7. The molecule has 3 aromatic carbocycles. The number of esters is 1. The predicted molar refractivity (Wildman–Crippen MR) is 145 cm³/mol. The molecule has 0 atom stereocenters. The first-order chi connectivity index (χ1) is 18.4. The first kappa shape index (κ1) is 28.2. The van der Waals surface area contributed by atoms with Crippen LogP contribution in [0.3, 0.4) is 0 Å². The molecule has 2 amide bonds. The van der Waals surface area contributed by atoms with E-state index in [9.17, 15) is 19.5 Å². The highest BCUT2D eigenvalue weighted by molar-refractivity contribution is 6.05. The van der Waals surface area contributed by atoms with E-state index in [-0.39, 0.29) is 35.6 Å². The minimum absolute atomic E-state index is 0.0783. The molecule has 0 aliphatic heterocycles. The first-order valence-corrected chi connectivity index (χ1v) is 12.7. The minimum Gasteiger partial charge on any atom is -0.507 e. The van der Waals surface area contributed by atoms with Crippen LogP contribution < -0.4 is 15.4 Å². The Morgan fingerprint density at radius 1 is 0.895 bits per heavy atom. The number of phenols is 1. The topological polar surface area (TPSA) is 114 Å². The van der Waals surface area contributed by atoms with Crippen LogP contribution in [0.4, 0.5) is 5.69 Å². The standard InChI is InChI=1S/C30H34N2O6/c1-3-37-28(34)11-5-4-8-18-38-27-19-21(2)12-17-25(27)32-29(35)23-15-13-22(14-16-23)20-31-30(36)24-9-6-7-10-26(24)33/h6-7,9-10,12-17,19,33H,3-5,8,11,18,20H2,1-2H3,(H,31,36)(H,32,35). The van der Waals surface area contributed by atoms with E-state index in [1.54, 1.807) is 49.4 Å². The molecule has 0 aliphatic rings. The molecule has 0 aromatic heterocycles. The Labute approximate surface area is 223 Å². The molecule has 0 aliphatic carbocycles. The maximum atomic E-state index is 12.9. The average Bonchev–Trinajstić information content (AvgIpc) is 2.91. The van der Waals surface area contributed by atoms with Gasteiger partial charge in [0.05, 0.1) is 24.5 Å². The van der Waals surface area contributed by atoms with Crippen molar-refractivity contribution in [2.75, 3.05) is 18.5 Å². The summed E-state index contributed by atoms with van der Waals surface area (Å²) in [6, 6.07) is 18.8. The van der Waals surface area contributed by atoms with Crippen molar-refractivity contribution in [2.45, 2.75) is 46.1 Å².